The maximum atomic E-state index is 12.9. The van der Waals surface area contributed by atoms with Crippen LogP contribution in [-0.4, -0.2) is 71.3 Å². The third-order valence-electron chi connectivity index (χ3n) is 4.97. The largest absolute Gasteiger partial charge is 0.464 e. The molecule has 1 unspecified atom stereocenters. The van der Waals surface area contributed by atoms with E-state index in [1.807, 2.05) is 5.01 Å². The Balaban J connectivity index is 1.99. The molecular weight excluding hydrogens is 328 g/mol. The zero-order chi connectivity index (χ0) is 16.8. The first kappa shape index (κ1) is 16.6. The fourth-order valence-corrected chi connectivity index (χ4v) is 4.44. The molecule has 0 aliphatic carbocycles. The first-order chi connectivity index (χ1) is 10.8. The molecule has 10 nitrogen and oxygen atoms in total. The first-order valence-corrected chi connectivity index (χ1v) is 9.05. The van der Waals surface area contributed by atoms with Crippen molar-refractivity contribution in [1.29, 1.82) is 0 Å². The zero-order valence-corrected chi connectivity index (χ0v) is 13.4. The number of quaternary nitrogens is 1. The topological polar surface area (TPSA) is 130 Å². The van der Waals surface area contributed by atoms with Gasteiger partial charge in [-0.15, -0.1) is 18.9 Å². The lowest BCUT2D eigenvalue weighted by molar-refractivity contribution is -0.978. The summed E-state index contributed by atoms with van der Waals surface area (Å²) in [5, 5.41) is 2.59. The van der Waals surface area contributed by atoms with Gasteiger partial charge < -0.3 is 5.73 Å². The van der Waals surface area contributed by atoms with Crippen LogP contribution < -0.4 is 5.73 Å². The molecule has 3 aliphatic rings. The van der Waals surface area contributed by atoms with Gasteiger partial charge in [0.25, 0.3) is 5.91 Å². The Labute approximate surface area is 134 Å². The Morgan fingerprint density at radius 1 is 1.26 bits per heavy atom. The molecule has 0 spiro atoms. The number of carbonyl (C=O) groups is 2. The number of urea groups is 1. The van der Waals surface area contributed by atoms with Gasteiger partial charge in [-0.25, -0.2) is 4.79 Å². The van der Waals surface area contributed by atoms with Gasteiger partial charge >= 0.3 is 16.4 Å². The van der Waals surface area contributed by atoms with Gasteiger partial charge in [-0.3, -0.25) is 9.35 Å². The second-order valence-electron chi connectivity index (χ2n) is 6.28. The molecule has 3 rings (SSSR count). The number of hydrogen-bond acceptors (Lipinski definition) is 6. The van der Waals surface area contributed by atoms with Crippen LogP contribution in [0, 0.1) is 0 Å². The minimum atomic E-state index is -4.81. The van der Waals surface area contributed by atoms with Crippen molar-refractivity contribution in [3.05, 3.63) is 0 Å². The number of rotatable bonds is 4. The number of carbonyl (C=O) groups excluding carboxylic acids is 2. The van der Waals surface area contributed by atoms with E-state index in [1.54, 1.807) is 0 Å². The Morgan fingerprint density at radius 3 is 2.48 bits per heavy atom. The van der Waals surface area contributed by atoms with Gasteiger partial charge in [-0.1, -0.05) is 6.42 Å². The standard InChI is InChI=1S/C12H20N4O6S/c13-11(17)10-5-4-9-8-16(10,14-6-2-1-3-7-14)12(18)15(9)22-23(19,20)21/h9-10H,1-8H2,(H2-,13,17,19,20,21)/p+1/t9-,10+,16?/m1/s1. The summed E-state index contributed by atoms with van der Waals surface area (Å²) in [5.41, 5.74) is 5.52. The minimum Gasteiger partial charge on any atom is -0.364 e. The van der Waals surface area contributed by atoms with Crippen molar-refractivity contribution in [2.75, 3.05) is 19.6 Å². The molecule has 3 amide bonds. The quantitative estimate of drug-likeness (QED) is 0.511. The van der Waals surface area contributed by atoms with E-state index in [2.05, 4.69) is 4.28 Å². The van der Waals surface area contributed by atoms with Crippen molar-refractivity contribution in [1.82, 2.24) is 10.1 Å². The van der Waals surface area contributed by atoms with Crippen LogP contribution >= 0.6 is 0 Å². The van der Waals surface area contributed by atoms with E-state index in [9.17, 15) is 18.0 Å². The summed E-state index contributed by atoms with van der Waals surface area (Å²) in [6.07, 6.45) is 3.59. The van der Waals surface area contributed by atoms with Crippen LogP contribution in [0.5, 0.6) is 0 Å². The molecule has 11 heteroatoms. The molecule has 130 valence electrons. The van der Waals surface area contributed by atoms with Crippen molar-refractivity contribution in [2.24, 2.45) is 5.73 Å². The van der Waals surface area contributed by atoms with Crippen LogP contribution in [0.3, 0.4) is 0 Å². The fourth-order valence-electron chi connectivity index (χ4n) is 4.05. The number of hydroxylamine groups is 2. The summed E-state index contributed by atoms with van der Waals surface area (Å²) in [7, 11) is -4.81. The molecule has 0 radical (unpaired) electrons. The molecule has 3 aliphatic heterocycles. The van der Waals surface area contributed by atoms with E-state index in [0.717, 1.165) is 19.3 Å². The maximum Gasteiger partial charge on any atom is 0.464 e. The van der Waals surface area contributed by atoms with E-state index in [-0.39, 0.29) is 11.1 Å². The molecule has 3 fully saturated rings. The van der Waals surface area contributed by atoms with E-state index < -0.39 is 34.4 Å². The molecule has 3 saturated heterocycles. The Bertz CT molecular complexity index is 619. The molecule has 2 bridgehead atoms. The fraction of sp³-hybridized carbons (Fsp3) is 0.833. The number of amides is 3. The van der Waals surface area contributed by atoms with Crippen molar-refractivity contribution in [3.8, 4) is 0 Å². The Morgan fingerprint density at radius 2 is 1.91 bits per heavy atom. The number of nitrogens with two attached hydrogens (primary N) is 1. The van der Waals surface area contributed by atoms with Crippen LogP contribution in [0.2, 0.25) is 0 Å². The molecule has 0 aromatic carbocycles. The first-order valence-electron chi connectivity index (χ1n) is 7.69. The van der Waals surface area contributed by atoms with Crippen LogP contribution in [0.15, 0.2) is 0 Å². The molecular formula is C12H21N4O6S+. The number of hydrogen-bond donors (Lipinski definition) is 2. The van der Waals surface area contributed by atoms with Crippen LogP contribution in [0.4, 0.5) is 4.79 Å². The number of primary amides is 1. The summed E-state index contributed by atoms with van der Waals surface area (Å²) < 4.78 is 35.2. The molecule has 3 N–H and O–H groups in total. The summed E-state index contributed by atoms with van der Waals surface area (Å²) in [6, 6.07) is -1.91. The van der Waals surface area contributed by atoms with Crippen LogP contribution in [0.25, 0.3) is 0 Å². The summed E-state index contributed by atoms with van der Waals surface area (Å²) in [6.45, 7) is 1.48. The minimum absolute atomic E-state index is 0.224. The highest BCUT2D eigenvalue weighted by molar-refractivity contribution is 7.80. The Hall–Kier alpha value is -1.27. The van der Waals surface area contributed by atoms with Gasteiger partial charge in [0, 0.05) is 19.5 Å². The van der Waals surface area contributed by atoms with E-state index in [0.29, 0.717) is 31.0 Å². The molecule has 3 atom stereocenters. The lowest BCUT2D eigenvalue weighted by Gasteiger charge is -2.46. The SMILES string of the molecule is NC(=O)[C@@H]1CC[C@@H]2C[N+]1(N1CCCCC1)C(=O)N2OS(=O)(=O)O. The second-order valence-corrected chi connectivity index (χ2v) is 7.29. The number of fused-ring (bicyclic) bond motifs is 2. The summed E-state index contributed by atoms with van der Waals surface area (Å²) in [5.74, 6) is -0.587. The molecule has 3 heterocycles. The average molecular weight is 349 g/mol. The lowest BCUT2D eigenvalue weighted by Crippen LogP contribution is -2.71. The second kappa shape index (κ2) is 5.67. The van der Waals surface area contributed by atoms with Gasteiger partial charge in [0.1, 0.15) is 12.6 Å². The summed E-state index contributed by atoms with van der Waals surface area (Å²) in [4.78, 5) is 24.9. The van der Waals surface area contributed by atoms with Gasteiger partial charge in [0.15, 0.2) is 6.04 Å². The smallest absolute Gasteiger partial charge is 0.364 e. The highest BCUT2D eigenvalue weighted by atomic mass is 32.3. The number of piperidine rings is 2. The zero-order valence-electron chi connectivity index (χ0n) is 12.6. The highest BCUT2D eigenvalue weighted by Gasteiger charge is 2.66. The normalized spacial score (nSPS) is 35.5. The maximum absolute atomic E-state index is 12.9. The average Bonchev–Trinajstić information content (AvgIpc) is 2.69. The highest BCUT2D eigenvalue weighted by Crippen LogP contribution is 2.40. The molecule has 23 heavy (non-hydrogen) atoms. The van der Waals surface area contributed by atoms with Crippen molar-refractivity contribution >= 4 is 22.3 Å². The Kier molecular flexibility index (Phi) is 4.09. The van der Waals surface area contributed by atoms with Crippen molar-refractivity contribution in [2.45, 2.75) is 44.2 Å². The molecule has 0 saturated carbocycles. The summed E-state index contributed by atoms with van der Waals surface area (Å²) >= 11 is 0. The van der Waals surface area contributed by atoms with Gasteiger partial charge in [-0.2, -0.15) is 8.42 Å². The molecule has 0 aromatic rings. The van der Waals surface area contributed by atoms with E-state index in [4.69, 9.17) is 10.3 Å². The van der Waals surface area contributed by atoms with Crippen LogP contribution in [-0.2, 0) is 19.5 Å². The van der Waals surface area contributed by atoms with Crippen molar-refractivity contribution < 1.29 is 31.4 Å². The predicted molar refractivity (Wildman–Crippen MR) is 76.4 cm³/mol. The monoisotopic (exact) mass is 349 g/mol. The van der Waals surface area contributed by atoms with Gasteiger partial charge in [-0.05, 0) is 19.3 Å². The third kappa shape index (κ3) is 2.72. The third-order valence-corrected chi connectivity index (χ3v) is 5.32. The van der Waals surface area contributed by atoms with Crippen molar-refractivity contribution in [3.63, 3.8) is 0 Å². The van der Waals surface area contributed by atoms with E-state index >= 15 is 0 Å². The predicted octanol–water partition coefficient (Wildman–Crippen LogP) is -0.610. The number of nitrogens with zero attached hydrogens (tertiary/aromatic N) is 3. The van der Waals surface area contributed by atoms with Gasteiger partial charge in [0.05, 0.1) is 0 Å². The lowest BCUT2D eigenvalue weighted by atomic mass is 9.98. The van der Waals surface area contributed by atoms with Crippen LogP contribution in [0.1, 0.15) is 32.1 Å². The van der Waals surface area contributed by atoms with E-state index in [1.165, 1.54) is 0 Å². The van der Waals surface area contributed by atoms with Gasteiger partial charge in [0.2, 0.25) is 0 Å². The molecule has 0 aromatic heterocycles.